The van der Waals surface area contributed by atoms with Gasteiger partial charge >= 0.3 is 0 Å². The molecule has 0 atom stereocenters. The minimum atomic E-state index is 0.414. The molecule has 1 heterocycles. The second-order valence-electron chi connectivity index (χ2n) is 6.13. The van der Waals surface area contributed by atoms with Gasteiger partial charge in [0.25, 0.3) is 0 Å². The van der Waals surface area contributed by atoms with E-state index in [9.17, 15) is 0 Å². The van der Waals surface area contributed by atoms with Crippen LogP contribution in [0.15, 0.2) is 36.4 Å². The summed E-state index contributed by atoms with van der Waals surface area (Å²) in [4.78, 5) is 0. The average Bonchev–Trinajstić information content (AvgIpc) is 2.98. The third-order valence-electron chi connectivity index (χ3n) is 4.07. The summed E-state index contributed by atoms with van der Waals surface area (Å²) >= 11 is 11.6. The van der Waals surface area contributed by atoms with Gasteiger partial charge in [-0.25, -0.2) is 4.68 Å². The first-order valence-electron chi connectivity index (χ1n) is 8.40. The predicted molar refractivity (Wildman–Crippen MR) is 109 cm³/mol. The monoisotopic (exact) mass is 404 g/mol. The number of halogens is 1. The van der Waals surface area contributed by atoms with Crippen molar-refractivity contribution in [3.63, 3.8) is 0 Å². The number of benzene rings is 2. The molecule has 8 heteroatoms. The van der Waals surface area contributed by atoms with Crippen molar-refractivity contribution in [2.45, 2.75) is 27.0 Å². The van der Waals surface area contributed by atoms with Gasteiger partial charge in [0.2, 0.25) is 4.77 Å². The highest BCUT2D eigenvalue weighted by atomic mass is 35.5. The van der Waals surface area contributed by atoms with Gasteiger partial charge in [0.05, 0.1) is 18.7 Å². The molecule has 3 aromatic rings. The largest absolute Gasteiger partial charge is 0.493 e. The van der Waals surface area contributed by atoms with Crippen molar-refractivity contribution in [2.24, 2.45) is 0 Å². The molecule has 2 N–H and O–H groups in total. The van der Waals surface area contributed by atoms with Crippen LogP contribution in [0.3, 0.4) is 0 Å². The van der Waals surface area contributed by atoms with Gasteiger partial charge in [0.15, 0.2) is 11.5 Å². The van der Waals surface area contributed by atoms with Crippen molar-refractivity contribution >= 4 is 23.8 Å². The zero-order chi connectivity index (χ0) is 19.4. The van der Waals surface area contributed by atoms with Crippen molar-refractivity contribution in [1.29, 1.82) is 0 Å². The normalized spacial score (nSPS) is 10.7. The van der Waals surface area contributed by atoms with Gasteiger partial charge in [0.1, 0.15) is 12.4 Å². The van der Waals surface area contributed by atoms with E-state index < -0.39 is 0 Å². The minimum Gasteiger partial charge on any atom is -0.493 e. The molecular formula is C19H21ClN4O2S. The number of H-pyrrole nitrogens is 1. The van der Waals surface area contributed by atoms with E-state index in [0.29, 0.717) is 34.4 Å². The molecule has 0 spiro atoms. The fourth-order valence-electron chi connectivity index (χ4n) is 2.59. The molecule has 2 aromatic carbocycles. The lowest BCUT2D eigenvalue weighted by atomic mass is 10.1. The van der Waals surface area contributed by atoms with Gasteiger partial charge in [-0.15, -0.1) is 0 Å². The summed E-state index contributed by atoms with van der Waals surface area (Å²) in [5.41, 5.74) is 6.41. The average molecular weight is 405 g/mol. The van der Waals surface area contributed by atoms with Crippen LogP contribution in [0.5, 0.6) is 11.5 Å². The van der Waals surface area contributed by atoms with Crippen LogP contribution in [0.4, 0.5) is 0 Å². The third-order valence-corrected chi connectivity index (χ3v) is 4.63. The van der Waals surface area contributed by atoms with E-state index in [1.54, 1.807) is 11.8 Å². The van der Waals surface area contributed by atoms with Gasteiger partial charge < -0.3 is 14.9 Å². The molecule has 0 radical (unpaired) electrons. The summed E-state index contributed by atoms with van der Waals surface area (Å²) in [5, 5.41) is 7.29. The molecule has 3 rings (SSSR count). The fourth-order valence-corrected chi connectivity index (χ4v) is 3.12. The lowest BCUT2D eigenvalue weighted by molar-refractivity contribution is 0.284. The highest BCUT2D eigenvalue weighted by molar-refractivity contribution is 7.71. The molecule has 27 heavy (non-hydrogen) atoms. The maximum atomic E-state index is 6.45. The molecule has 0 aliphatic carbocycles. The van der Waals surface area contributed by atoms with Crippen molar-refractivity contribution in [1.82, 2.24) is 14.9 Å². The van der Waals surface area contributed by atoms with E-state index in [2.05, 4.69) is 34.7 Å². The Morgan fingerprint density at radius 1 is 1.19 bits per heavy atom. The van der Waals surface area contributed by atoms with E-state index in [-0.39, 0.29) is 0 Å². The predicted octanol–water partition coefficient (Wildman–Crippen LogP) is 4.54. The minimum absolute atomic E-state index is 0.414. The van der Waals surface area contributed by atoms with E-state index in [1.165, 1.54) is 5.56 Å². The van der Waals surface area contributed by atoms with Crippen LogP contribution in [0.1, 0.15) is 22.5 Å². The molecule has 1 aromatic heterocycles. The van der Waals surface area contributed by atoms with Crippen molar-refractivity contribution < 1.29 is 9.47 Å². The standard InChI is InChI=1S/C19H21ClN4O2S/c1-12-4-6-14(7-5-12)11-26-18-16(20)8-15(9-17(18)25-3)10-21-24-13(2)22-23-19(24)27/h4-9,21H,10-11H2,1-3H3,(H,23,27). The lowest BCUT2D eigenvalue weighted by Gasteiger charge is -2.15. The Balaban J connectivity index is 1.74. The number of rotatable bonds is 7. The highest BCUT2D eigenvalue weighted by Crippen LogP contribution is 2.37. The van der Waals surface area contributed by atoms with E-state index in [0.717, 1.165) is 17.0 Å². The molecular weight excluding hydrogens is 384 g/mol. The van der Waals surface area contributed by atoms with Crippen molar-refractivity contribution in [2.75, 3.05) is 12.5 Å². The SMILES string of the molecule is COc1cc(CNn2c(C)n[nH]c2=S)cc(Cl)c1OCc1ccc(C)cc1. The summed E-state index contributed by atoms with van der Waals surface area (Å²) in [5.74, 6) is 1.86. The van der Waals surface area contributed by atoms with Crippen LogP contribution in [0.25, 0.3) is 0 Å². The maximum Gasteiger partial charge on any atom is 0.214 e. The van der Waals surface area contributed by atoms with Gasteiger partial charge in [-0.1, -0.05) is 41.4 Å². The van der Waals surface area contributed by atoms with Crippen LogP contribution in [-0.4, -0.2) is 22.0 Å². The first kappa shape index (κ1) is 19.3. The Morgan fingerprint density at radius 2 is 1.93 bits per heavy atom. The summed E-state index contributed by atoms with van der Waals surface area (Å²) < 4.78 is 13.6. The molecule has 6 nitrogen and oxygen atoms in total. The Morgan fingerprint density at radius 3 is 2.56 bits per heavy atom. The number of nitrogens with one attached hydrogen (secondary N) is 2. The van der Waals surface area contributed by atoms with E-state index in [1.807, 2.05) is 31.2 Å². The summed E-state index contributed by atoms with van der Waals surface area (Å²) in [6, 6.07) is 11.9. The van der Waals surface area contributed by atoms with Crippen LogP contribution >= 0.6 is 23.8 Å². The van der Waals surface area contributed by atoms with Crippen LogP contribution in [-0.2, 0) is 13.2 Å². The zero-order valence-corrected chi connectivity index (χ0v) is 16.9. The summed E-state index contributed by atoms with van der Waals surface area (Å²) in [6.45, 7) is 4.82. The molecule has 0 unspecified atom stereocenters. The Bertz CT molecular complexity index is 982. The summed E-state index contributed by atoms with van der Waals surface area (Å²) in [6.07, 6.45) is 0. The Labute approximate surface area is 168 Å². The number of hydrogen-bond acceptors (Lipinski definition) is 5. The fraction of sp³-hybridized carbons (Fsp3) is 0.263. The number of hydrogen-bond donors (Lipinski definition) is 2. The number of ether oxygens (including phenoxy) is 2. The number of nitrogens with zero attached hydrogens (tertiary/aromatic N) is 2. The highest BCUT2D eigenvalue weighted by Gasteiger charge is 2.13. The zero-order valence-electron chi connectivity index (χ0n) is 15.4. The van der Waals surface area contributed by atoms with Crippen molar-refractivity contribution in [3.05, 3.63) is 68.7 Å². The summed E-state index contributed by atoms with van der Waals surface area (Å²) in [7, 11) is 1.60. The molecule has 0 fully saturated rings. The van der Waals surface area contributed by atoms with E-state index in [4.69, 9.17) is 33.3 Å². The smallest absolute Gasteiger partial charge is 0.214 e. The van der Waals surface area contributed by atoms with Crippen LogP contribution < -0.4 is 14.9 Å². The third kappa shape index (κ3) is 4.61. The Kier molecular flexibility index (Phi) is 6.03. The van der Waals surface area contributed by atoms with Crippen LogP contribution in [0.2, 0.25) is 5.02 Å². The maximum absolute atomic E-state index is 6.45. The number of aryl methyl sites for hydroxylation is 2. The quantitative estimate of drug-likeness (QED) is 0.566. The van der Waals surface area contributed by atoms with Gasteiger partial charge in [-0.2, -0.15) is 5.10 Å². The Hall–Kier alpha value is -2.51. The topological polar surface area (TPSA) is 64.1 Å². The first-order chi connectivity index (χ1) is 13.0. The first-order valence-corrected chi connectivity index (χ1v) is 9.19. The second-order valence-corrected chi connectivity index (χ2v) is 6.92. The number of aromatic amines is 1. The van der Waals surface area contributed by atoms with Crippen LogP contribution in [0, 0.1) is 18.6 Å². The van der Waals surface area contributed by atoms with Gasteiger partial charge in [-0.05, 0) is 49.3 Å². The van der Waals surface area contributed by atoms with Crippen molar-refractivity contribution in [3.8, 4) is 11.5 Å². The molecule has 0 bridgehead atoms. The van der Waals surface area contributed by atoms with Gasteiger partial charge in [-0.3, -0.25) is 5.10 Å². The molecule has 142 valence electrons. The number of aromatic nitrogens is 3. The van der Waals surface area contributed by atoms with E-state index >= 15 is 0 Å². The number of methoxy groups -OCH3 is 1. The van der Waals surface area contributed by atoms with Gasteiger partial charge in [0, 0.05) is 0 Å². The lowest BCUT2D eigenvalue weighted by Crippen LogP contribution is -2.16. The molecule has 0 saturated carbocycles. The molecule has 0 aliphatic rings. The molecule has 0 aliphatic heterocycles. The molecule has 0 amide bonds. The second kappa shape index (κ2) is 8.45. The molecule has 0 saturated heterocycles.